The molecule has 0 radical (unpaired) electrons. The maximum atomic E-state index is 5.83. The molecule has 0 aliphatic carbocycles. The molecular formula is C12H17NOSi. The van der Waals surface area contributed by atoms with Crippen molar-refractivity contribution in [1.29, 1.82) is 0 Å². The first kappa shape index (κ1) is 11.7. The fourth-order valence-corrected chi connectivity index (χ4v) is 1.54. The molecule has 1 aromatic carbocycles. The van der Waals surface area contributed by atoms with Crippen LogP contribution < -0.4 is 10.5 Å². The molecule has 0 aromatic heterocycles. The van der Waals surface area contributed by atoms with Crippen LogP contribution in [0.15, 0.2) is 18.2 Å². The molecule has 0 bridgehead atoms. The molecule has 0 amide bonds. The molecular weight excluding hydrogens is 202 g/mol. The summed E-state index contributed by atoms with van der Waals surface area (Å²) in [4.78, 5) is 0. The van der Waals surface area contributed by atoms with Crippen molar-refractivity contribution in [1.82, 2.24) is 0 Å². The van der Waals surface area contributed by atoms with E-state index in [-0.39, 0.29) is 0 Å². The predicted molar refractivity (Wildman–Crippen MR) is 67.6 cm³/mol. The Hall–Kier alpha value is -1.40. The Morgan fingerprint density at radius 1 is 1.27 bits per heavy atom. The first-order valence-electron chi connectivity index (χ1n) is 4.89. The first-order chi connectivity index (χ1) is 6.92. The first-order valence-corrected chi connectivity index (χ1v) is 8.39. The summed E-state index contributed by atoms with van der Waals surface area (Å²) in [5, 5.41) is 0. The van der Waals surface area contributed by atoms with Gasteiger partial charge in [-0.1, -0.05) is 25.6 Å². The van der Waals surface area contributed by atoms with Gasteiger partial charge in [0.05, 0.1) is 12.7 Å². The molecule has 80 valence electrons. The van der Waals surface area contributed by atoms with E-state index >= 15 is 0 Å². The van der Waals surface area contributed by atoms with Crippen LogP contribution in [0.2, 0.25) is 19.6 Å². The van der Waals surface area contributed by atoms with E-state index in [1.807, 2.05) is 18.2 Å². The fraction of sp³-hybridized carbons (Fsp3) is 0.333. The Morgan fingerprint density at radius 2 is 1.93 bits per heavy atom. The summed E-state index contributed by atoms with van der Waals surface area (Å²) in [5.41, 5.74) is 10.7. The lowest BCUT2D eigenvalue weighted by atomic mass is 10.2. The second-order valence-corrected chi connectivity index (χ2v) is 9.20. The van der Waals surface area contributed by atoms with Crippen LogP contribution in [0.25, 0.3) is 0 Å². The van der Waals surface area contributed by atoms with E-state index in [9.17, 15) is 0 Å². The maximum Gasteiger partial charge on any atom is 0.129 e. The number of nitrogen functional groups attached to an aromatic ring is 1. The largest absolute Gasteiger partial charge is 0.497 e. The van der Waals surface area contributed by atoms with Gasteiger partial charge in [0, 0.05) is 5.69 Å². The lowest BCUT2D eigenvalue weighted by Crippen LogP contribution is -2.16. The minimum absolute atomic E-state index is 0.710. The number of methoxy groups -OCH3 is 1. The minimum atomic E-state index is -1.35. The standard InChI is InChI=1S/C12H17NOSi/c1-14-11-5-6-12(13)10(9-11)7-8-15(2,3)4/h5-6,9H,13H2,1-4H3. The smallest absolute Gasteiger partial charge is 0.129 e. The molecule has 0 heterocycles. The lowest BCUT2D eigenvalue weighted by Gasteiger charge is -2.05. The molecule has 2 N–H and O–H groups in total. The molecule has 0 saturated carbocycles. The number of hydrogen-bond donors (Lipinski definition) is 1. The SMILES string of the molecule is COc1ccc(N)c(C#C[Si](C)(C)C)c1. The third-order valence-corrected chi connectivity index (χ3v) is 2.71. The number of anilines is 1. The number of ether oxygens (including phenoxy) is 1. The molecule has 15 heavy (non-hydrogen) atoms. The summed E-state index contributed by atoms with van der Waals surface area (Å²) in [6.45, 7) is 6.61. The fourth-order valence-electron chi connectivity index (χ4n) is 1.03. The molecule has 0 unspecified atom stereocenters. The van der Waals surface area contributed by atoms with Crippen molar-refractivity contribution in [2.24, 2.45) is 0 Å². The van der Waals surface area contributed by atoms with E-state index in [0.29, 0.717) is 5.69 Å². The van der Waals surface area contributed by atoms with Crippen molar-refractivity contribution in [3.63, 3.8) is 0 Å². The zero-order valence-corrected chi connectivity index (χ0v) is 10.7. The second kappa shape index (κ2) is 4.41. The highest BCUT2D eigenvalue weighted by Crippen LogP contribution is 2.18. The highest BCUT2D eigenvalue weighted by molar-refractivity contribution is 6.83. The number of rotatable bonds is 1. The highest BCUT2D eigenvalue weighted by atomic mass is 28.3. The van der Waals surface area contributed by atoms with Crippen molar-refractivity contribution in [2.75, 3.05) is 12.8 Å². The van der Waals surface area contributed by atoms with E-state index in [0.717, 1.165) is 11.3 Å². The van der Waals surface area contributed by atoms with E-state index in [1.54, 1.807) is 7.11 Å². The Morgan fingerprint density at radius 3 is 2.47 bits per heavy atom. The van der Waals surface area contributed by atoms with Gasteiger partial charge in [-0.15, -0.1) is 5.54 Å². The molecule has 0 spiro atoms. The number of nitrogens with two attached hydrogens (primary N) is 1. The van der Waals surface area contributed by atoms with Gasteiger partial charge in [-0.05, 0) is 18.2 Å². The summed E-state index contributed by atoms with van der Waals surface area (Å²) < 4.78 is 5.13. The topological polar surface area (TPSA) is 35.2 Å². The molecule has 2 nitrogen and oxygen atoms in total. The molecule has 0 atom stereocenters. The summed E-state index contributed by atoms with van der Waals surface area (Å²) in [7, 11) is 0.292. The monoisotopic (exact) mass is 219 g/mol. The van der Waals surface area contributed by atoms with Gasteiger partial charge in [0.15, 0.2) is 0 Å². The van der Waals surface area contributed by atoms with Crippen molar-refractivity contribution < 1.29 is 4.74 Å². The van der Waals surface area contributed by atoms with Crippen LogP contribution in [0.3, 0.4) is 0 Å². The third kappa shape index (κ3) is 3.68. The summed E-state index contributed by atoms with van der Waals surface area (Å²) in [6.07, 6.45) is 0. The molecule has 0 aliphatic rings. The Bertz CT molecular complexity index is 410. The second-order valence-electron chi connectivity index (χ2n) is 4.45. The summed E-state index contributed by atoms with van der Waals surface area (Å²) >= 11 is 0. The van der Waals surface area contributed by atoms with Gasteiger partial charge in [0.2, 0.25) is 0 Å². The van der Waals surface area contributed by atoms with Crippen LogP contribution in [0.1, 0.15) is 5.56 Å². The van der Waals surface area contributed by atoms with Gasteiger partial charge in [-0.2, -0.15) is 0 Å². The highest BCUT2D eigenvalue weighted by Gasteiger charge is 2.08. The van der Waals surface area contributed by atoms with Crippen LogP contribution in [-0.2, 0) is 0 Å². The zero-order valence-electron chi connectivity index (χ0n) is 9.72. The third-order valence-electron chi connectivity index (χ3n) is 1.83. The average molecular weight is 219 g/mol. The number of benzene rings is 1. The molecule has 0 fully saturated rings. The van der Waals surface area contributed by atoms with Crippen LogP contribution in [0.5, 0.6) is 5.75 Å². The normalized spacial score (nSPS) is 10.4. The minimum Gasteiger partial charge on any atom is -0.497 e. The van der Waals surface area contributed by atoms with Gasteiger partial charge in [0.25, 0.3) is 0 Å². The van der Waals surface area contributed by atoms with Gasteiger partial charge in [-0.25, -0.2) is 0 Å². The van der Waals surface area contributed by atoms with Crippen molar-refractivity contribution in [3.05, 3.63) is 23.8 Å². The Kier molecular flexibility index (Phi) is 3.43. The Balaban J connectivity index is 3.07. The lowest BCUT2D eigenvalue weighted by molar-refractivity contribution is 0.415. The summed E-state index contributed by atoms with van der Waals surface area (Å²) in [5.74, 6) is 3.93. The van der Waals surface area contributed by atoms with Crippen LogP contribution in [0, 0.1) is 11.5 Å². The van der Waals surface area contributed by atoms with E-state index in [2.05, 4.69) is 31.1 Å². The summed E-state index contributed by atoms with van der Waals surface area (Å²) in [6, 6.07) is 5.55. The Labute approximate surface area is 92.5 Å². The van der Waals surface area contributed by atoms with Crippen LogP contribution in [0.4, 0.5) is 5.69 Å². The molecule has 0 aliphatic heterocycles. The van der Waals surface area contributed by atoms with E-state index in [4.69, 9.17) is 10.5 Å². The average Bonchev–Trinajstić information content (AvgIpc) is 2.15. The number of hydrogen-bond acceptors (Lipinski definition) is 2. The van der Waals surface area contributed by atoms with E-state index in [1.165, 1.54) is 0 Å². The van der Waals surface area contributed by atoms with Crippen molar-refractivity contribution in [2.45, 2.75) is 19.6 Å². The van der Waals surface area contributed by atoms with Gasteiger partial charge < -0.3 is 10.5 Å². The molecule has 1 aromatic rings. The van der Waals surface area contributed by atoms with Crippen molar-refractivity contribution in [3.8, 4) is 17.2 Å². The molecule has 3 heteroatoms. The van der Waals surface area contributed by atoms with Gasteiger partial charge in [0.1, 0.15) is 13.8 Å². The molecule has 0 saturated heterocycles. The maximum absolute atomic E-state index is 5.83. The van der Waals surface area contributed by atoms with Crippen LogP contribution in [-0.4, -0.2) is 15.2 Å². The van der Waals surface area contributed by atoms with Crippen molar-refractivity contribution >= 4 is 13.8 Å². The van der Waals surface area contributed by atoms with Crippen LogP contribution >= 0.6 is 0 Å². The quantitative estimate of drug-likeness (QED) is 0.447. The van der Waals surface area contributed by atoms with E-state index < -0.39 is 8.07 Å². The van der Waals surface area contributed by atoms with Gasteiger partial charge >= 0.3 is 0 Å². The predicted octanol–water partition coefficient (Wildman–Crippen LogP) is 2.51. The molecule has 1 rings (SSSR count). The van der Waals surface area contributed by atoms with Gasteiger partial charge in [-0.3, -0.25) is 0 Å². The zero-order chi connectivity index (χ0) is 11.5.